The van der Waals surface area contributed by atoms with Crippen LogP contribution < -0.4 is 10.8 Å². The lowest BCUT2D eigenvalue weighted by molar-refractivity contribution is 0.00578. The van der Waals surface area contributed by atoms with Crippen molar-refractivity contribution in [2.24, 2.45) is 0 Å². The highest BCUT2D eigenvalue weighted by Gasteiger charge is 2.51. The average molecular weight is 375 g/mol. The molecule has 1 amide bonds. The van der Waals surface area contributed by atoms with E-state index in [1.165, 1.54) is 11.3 Å². The van der Waals surface area contributed by atoms with Crippen molar-refractivity contribution in [3.05, 3.63) is 24.3 Å². The van der Waals surface area contributed by atoms with E-state index < -0.39 is 18.8 Å². The van der Waals surface area contributed by atoms with E-state index in [-0.39, 0.29) is 11.2 Å². The number of ether oxygens (including phenoxy) is 1. The molecule has 0 spiro atoms. The fraction of sp³-hybridized carbons (Fsp3) is 0.526. The number of benzene rings is 1. The zero-order valence-electron chi connectivity index (χ0n) is 16.4. The van der Waals surface area contributed by atoms with Gasteiger partial charge in [0.1, 0.15) is 5.60 Å². The largest absolute Gasteiger partial charge is 0.494 e. The zero-order valence-corrected chi connectivity index (χ0v) is 17.2. The molecular formula is C19H26BNO4S. The first-order valence-corrected chi connectivity index (χ1v) is 9.57. The molecule has 0 atom stereocenters. The highest BCUT2D eigenvalue weighted by atomic mass is 32.1. The average Bonchev–Trinajstić information content (AvgIpc) is 2.93. The number of fused-ring (bicyclic) bond motifs is 1. The van der Waals surface area contributed by atoms with Crippen molar-refractivity contribution in [1.29, 1.82) is 0 Å². The van der Waals surface area contributed by atoms with Crippen LogP contribution in [0.25, 0.3) is 10.1 Å². The maximum absolute atomic E-state index is 12.0. The molecule has 1 aliphatic rings. The topological polar surface area (TPSA) is 56.8 Å². The number of nitrogens with one attached hydrogen (secondary N) is 1. The lowest BCUT2D eigenvalue weighted by Gasteiger charge is -2.32. The smallest absolute Gasteiger partial charge is 0.444 e. The molecular weight excluding hydrogens is 349 g/mol. The number of hydrogen-bond donors (Lipinski definition) is 1. The third-order valence-electron chi connectivity index (χ3n) is 4.69. The Kier molecular flexibility index (Phi) is 4.62. The molecule has 26 heavy (non-hydrogen) atoms. The molecule has 3 rings (SSSR count). The van der Waals surface area contributed by atoms with Gasteiger partial charge in [0.15, 0.2) is 0 Å². The van der Waals surface area contributed by atoms with Crippen molar-refractivity contribution in [3.63, 3.8) is 0 Å². The Morgan fingerprint density at radius 2 is 1.73 bits per heavy atom. The second kappa shape index (κ2) is 6.25. The first-order valence-electron chi connectivity index (χ1n) is 8.75. The lowest BCUT2D eigenvalue weighted by Crippen LogP contribution is -2.41. The quantitative estimate of drug-likeness (QED) is 0.783. The summed E-state index contributed by atoms with van der Waals surface area (Å²) in [6.45, 7) is 13.7. The molecule has 1 N–H and O–H groups in total. The van der Waals surface area contributed by atoms with Crippen LogP contribution in [0.2, 0.25) is 0 Å². The van der Waals surface area contributed by atoms with E-state index in [2.05, 4.69) is 5.32 Å². The predicted octanol–water partition coefficient (Wildman–Crippen LogP) is 4.55. The summed E-state index contributed by atoms with van der Waals surface area (Å²) in [6.07, 6.45) is -0.449. The monoisotopic (exact) mass is 375 g/mol. The van der Waals surface area contributed by atoms with Crippen molar-refractivity contribution in [2.75, 3.05) is 5.32 Å². The minimum absolute atomic E-state index is 0.370. The molecule has 140 valence electrons. The first-order chi connectivity index (χ1) is 11.9. The van der Waals surface area contributed by atoms with Gasteiger partial charge in [0.25, 0.3) is 0 Å². The number of carbonyl (C=O) groups excluding carboxylic acids is 1. The number of carbonyl (C=O) groups is 1. The fourth-order valence-electron chi connectivity index (χ4n) is 2.65. The van der Waals surface area contributed by atoms with Crippen LogP contribution >= 0.6 is 11.3 Å². The molecule has 1 aromatic heterocycles. The minimum atomic E-state index is -0.523. The number of rotatable bonds is 2. The summed E-state index contributed by atoms with van der Waals surface area (Å²) >= 11 is 1.51. The fourth-order valence-corrected chi connectivity index (χ4v) is 3.58. The summed E-state index contributed by atoms with van der Waals surface area (Å²) in [5, 5.41) is 4.58. The molecule has 0 saturated carbocycles. The highest BCUT2D eigenvalue weighted by Crippen LogP contribution is 2.37. The van der Waals surface area contributed by atoms with E-state index >= 15 is 0 Å². The number of anilines is 1. The van der Waals surface area contributed by atoms with Gasteiger partial charge in [0.2, 0.25) is 0 Å². The molecule has 5 nitrogen and oxygen atoms in total. The van der Waals surface area contributed by atoms with Gasteiger partial charge in [-0.1, -0.05) is 12.1 Å². The van der Waals surface area contributed by atoms with Gasteiger partial charge >= 0.3 is 13.2 Å². The normalized spacial score (nSPS) is 19.0. The molecule has 1 aliphatic heterocycles. The Balaban J connectivity index is 1.79. The van der Waals surface area contributed by atoms with E-state index in [9.17, 15) is 4.79 Å². The van der Waals surface area contributed by atoms with Crippen molar-refractivity contribution in [2.45, 2.75) is 65.3 Å². The number of hydrogen-bond acceptors (Lipinski definition) is 5. The maximum atomic E-state index is 12.0. The molecule has 2 aromatic rings. The van der Waals surface area contributed by atoms with Crippen LogP contribution in [0.3, 0.4) is 0 Å². The van der Waals surface area contributed by atoms with Crippen LogP contribution in [0.15, 0.2) is 24.3 Å². The molecule has 1 aromatic carbocycles. The van der Waals surface area contributed by atoms with Crippen molar-refractivity contribution in [3.8, 4) is 0 Å². The molecule has 2 heterocycles. The Morgan fingerprint density at radius 1 is 1.12 bits per heavy atom. The highest BCUT2D eigenvalue weighted by molar-refractivity contribution is 7.23. The minimum Gasteiger partial charge on any atom is -0.444 e. The van der Waals surface area contributed by atoms with Gasteiger partial charge in [-0.25, -0.2) is 4.79 Å². The second-order valence-corrected chi connectivity index (χ2v) is 9.71. The van der Waals surface area contributed by atoms with E-state index in [4.69, 9.17) is 14.0 Å². The second-order valence-electron chi connectivity index (χ2n) is 8.62. The summed E-state index contributed by atoms with van der Waals surface area (Å²) in [5.41, 5.74) is -0.294. The lowest BCUT2D eigenvalue weighted by atomic mass is 9.79. The van der Waals surface area contributed by atoms with Gasteiger partial charge in [-0.15, -0.1) is 11.3 Å². The summed E-state index contributed by atoms with van der Waals surface area (Å²) in [7, 11) is -0.397. The van der Waals surface area contributed by atoms with Crippen LogP contribution in [0, 0.1) is 0 Å². The Morgan fingerprint density at radius 3 is 2.31 bits per heavy atom. The molecule has 0 radical (unpaired) electrons. The SMILES string of the molecule is CC(C)(C)OC(=O)Nc1cc2cc(B3OC(C)(C)C(C)(C)O3)ccc2s1. The van der Waals surface area contributed by atoms with Crippen molar-refractivity contribution >= 4 is 45.1 Å². The molecule has 0 aliphatic carbocycles. The third kappa shape index (κ3) is 3.90. The standard InChI is InChI=1S/C19H26BNO4S/c1-17(2,3)23-16(22)21-15-11-12-10-13(8-9-14(12)26-15)20-24-18(4,5)19(6,7)25-20/h8-11H,1-7H3,(H,21,22). The summed E-state index contributed by atoms with van der Waals surface area (Å²) in [4.78, 5) is 12.0. The maximum Gasteiger partial charge on any atom is 0.494 e. The van der Waals surface area contributed by atoms with Gasteiger partial charge in [0, 0.05) is 4.70 Å². The molecule has 1 fully saturated rings. The summed E-state index contributed by atoms with van der Waals surface area (Å²) in [6, 6.07) is 8.03. The van der Waals surface area contributed by atoms with Crippen LogP contribution in [0.4, 0.5) is 9.80 Å². The van der Waals surface area contributed by atoms with Crippen molar-refractivity contribution < 1.29 is 18.8 Å². The van der Waals surface area contributed by atoms with E-state index in [0.717, 1.165) is 20.6 Å². The van der Waals surface area contributed by atoms with Crippen LogP contribution in [-0.4, -0.2) is 30.0 Å². The molecule has 7 heteroatoms. The predicted molar refractivity (Wildman–Crippen MR) is 107 cm³/mol. The zero-order chi connectivity index (χ0) is 19.3. The van der Waals surface area contributed by atoms with E-state index in [1.54, 1.807) is 0 Å². The molecule has 0 unspecified atom stereocenters. The van der Waals surface area contributed by atoms with Gasteiger partial charge in [-0.2, -0.15) is 0 Å². The Hall–Kier alpha value is -1.57. The van der Waals surface area contributed by atoms with Gasteiger partial charge in [-0.3, -0.25) is 5.32 Å². The first kappa shape index (κ1) is 19.2. The van der Waals surface area contributed by atoms with Gasteiger partial charge in [-0.05, 0) is 71.4 Å². The Bertz CT molecular complexity index is 822. The van der Waals surface area contributed by atoms with Crippen LogP contribution in [-0.2, 0) is 14.0 Å². The van der Waals surface area contributed by atoms with Crippen LogP contribution in [0.5, 0.6) is 0 Å². The van der Waals surface area contributed by atoms with Crippen LogP contribution in [0.1, 0.15) is 48.5 Å². The summed E-state index contributed by atoms with van der Waals surface area (Å²) in [5.74, 6) is 0. The number of thiophene rings is 1. The summed E-state index contributed by atoms with van der Waals surface area (Å²) < 4.78 is 18.6. The van der Waals surface area contributed by atoms with E-state index in [0.29, 0.717) is 0 Å². The number of amides is 1. The van der Waals surface area contributed by atoms with Gasteiger partial charge < -0.3 is 14.0 Å². The van der Waals surface area contributed by atoms with Gasteiger partial charge in [0.05, 0.1) is 16.2 Å². The third-order valence-corrected chi connectivity index (χ3v) is 5.72. The Labute approximate surface area is 159 Å². The van der Waals surface area contributed by atoms with Crippen molar-refractivity contribution in [1.82, 2.24) is 0 Å². The molecule has 0 bridgehead atoms. The molecule has 1 saturated heterocycles. The van der Waals surface area contributed by atoms with E-state index in [1.807, 2.05) is 72.7 Å².